The first-order valence-corrected chi connectivity index (χ1v) is 7.39. The average molecular weight is 307 g/mol. The van der Waals surface area contributed by atoms with Gasteiger partial charge in [0, 0.05) is 6.04 Å². The summed E-state index contributed by atoms with van der Waals surface area (Å²) in [6.45, 7) is 5.20. The molecule has 2 rings (SSSR count). The van der Waals surface area contributed by atoms with E-state index in [4.69, 9.17) is 4.42 Å². The second-order valence-corrected chi connectivity index (χ2v) is 5.50. The van der Waals surface area contributed by atoms with Crippen molar-refractivity contribution in [3.8, 4) is 0 Å². The minimum Gasteiger partial charge on any atom is -0.466 e. The second-order valence-electron chi connectivity index (χ2n) is 5.50. The van der Waals surface area contributed by atoms with E-state index >= 15 is 0 Å². The van der Waals surface area contributed by atoms with Gasteiger partial charge in [0.05, 0.1) is 6.26 Å². The van der Waals surface area contributed by atoms with Gasteiger partial charge in [-0.05, 0) is 31.9 Å². The van der Waals surface area contributed by atoms with Gasteiger partial charge in [0.15, 0.2) is 5.54 Å². The predicted molar refractivity (Wildman–Crippen MR) is 78.8 cm³/mol. The van der Waals surface area contributed by atoms with Gasteiger partial charge in [-0.3, -0.25) is 14.5 Å². The van der Waals surface area contributed by atoms with Crippen LogP contribution in [-0.2, 0) is 15.1 Å². The van der Waals surface area contributed by atoms with Crippen LogP contribution < -0.4 is 10.6 Å². The van der Waals surface area contributed by atoms with E-state index in [1.807, 2.05) is 13.8 Å². The zero-order valence-corrected chi connectivity index (χ0v) is 13.0. The van der Waals surface area contributed by atoms with Crippen molar-refractivity contribution in [2.75, 3.05) is 6.54 Å². The molecule has 0 bridgehead atoms. The van der Waals surface area contributed by atoms with Crippen LogP contribution in [0.4, 0.5) is 4.79 Å². The lowest BCUT2D eigenvalue weighted by Gasteiger charge is -2.20. The predicted octanol–water partition coefficient (Wildman–Crippen LogP) is 1.35. The SMILES string of the molecule is CCC(CC)NC(=O)CN1C(=O)N[C@@](C)(c2ccco2)C1=O. The number of nitrogens with zero attached hydrogens (tertiary/aromatic N) is 1. The van der Waals surface area contributed by atoms with Gasteiger partial charge in [-0.2, -0.15) is 0 Å². The number of urea groups is 1. The number of hydrogen-bond donors (Lipinski definition) is 2. The molecule has 4 amide bonds. The molecule has 7 heteroatoms. The number of carbonyl (C=O) groups is 3. The molecule has 0 unspecified atom stereocenters. The minimum absolute atomic E-state index is 0.0460. The molecule has 0 aromatic carbocycles. The van der Waals surface area contributed by atoms with Crippen molar-refractivity contribution in [3.63, 3.8) is 0 Å². The molecule has 1 saturated heterocycles. The Morgan fingerprint density at radius 1 is 1.41 bits per heavy atom. The topological polar surface area (TPSA) is 91.7 Å². The van der Waals surface area contributed by atoms with Crippen molar-refractivity contribution in [1.29, 1.82) is 0 Å². The molecule has 0 saturated carbocycles. The fourth-order valence-electron chi connectivity index (χ4n) is 2.48. The highest BCUT2D eigenvalue weighted by Crippen LogP contribution is 2.28. The number of amides is 4. The van der Waals surface area contributed by atoms with Gasteiger partial charge in [-0.1, -0.05) is 13.8 Å². The minimum atomic E-state index is -1.27. The molecule has 120 valence electrons. The third-order valence-electron chi connectivity index (χ3n) is 3.94. The van der Waals surface area contributed by atoms with Crippen molar-refractivity contribution < 1.29 is 18.8 Å². The van der Waals surface area contributed by atoms with Gasteiger partial charge >= 0.3 is 6.03 Å². The highest BCUT2D eigenvalue weighted by molar-refractivity contribution is 6.08. The number of rotatable bonds is 6. The fraction of sp³-hybridized carbons (Fsp3) is 0.533. The van der Waals surface area contributed by atoms with E-state index in [1.165, 1.54) is 6.26 Å². The van der Waals surface area contributed by atoms with E-state index in [9.17, 15) is 14.4 Å². The number of hydrogen-bond acceptors (Lipinski definition) is 4. The molecule has 1 aliphatic heterocycles. The van der Waals surface area contributed by atoms with Gasteiger partial charge in [-0.25, -0.2) is 4.79 Å². The van der Waals surface area contributed by atoms with Gasteiger partial charge in [0.1, 0.15) is 12.3 Å². The van der Waals surface area contributed by atoms with Crippen LogP contribution in [0.1, 0.15) is 39.4 Å². The smallest absolute Gasteiger partial charge is 0.325 e. The molecule has 0 aliphatic carbocycles. The lowest BCUT2D eigenvalue weighted by Crippen LogP contribution is -2.45. The average Bonchev–Trinajstić information content (AvgIpc) is 3.09. The highest BCUT2D eigenvalue weighted by Gasteiger charge is 2.51. The number of nitrogens with one attached hydrogen (secondary N) is 2. The van der Waals surface area contributed by atoms with Crippen LogP contribution in [0.5, 0.6) is 0 Å². The Labute approximate surface area is 129 Å². The molecule has 0 spiro atoms. The maximum absolute atomic E-state index is 12.5. The van der Waals surface area contributed by atoms with Crippen LogP contribution in [0.3, 0.4) is 0 Å². The summed E-state index contributed by atoms with van der Waals surface area (Å²) in [6.07, 6.45) is 3.03. The third-order valence-corrected chi connectivity index (χ3v) is 3.94. The Kier molecular flexibility index (Phi) is 4.54. The number of carbonyl (C=O) groups excluding carboxylic acids is 3. The third kappa shape index (κ3) is 2.84. The zero-order valence-electron chi connectivity index (χ0n) is 13.0. The summed E-state index contributed by atoms with van der Waals surface area (Å²) in [7, 11) is 0. The first-order valence-electron chi connectivity index (χ1n) is 7.39. The number of furan rings is 1. The molecule has 22 heavy (non-hydrogen) atoms. The van der Waals surface area contributed by atoms with Gasteiger partial charge in [-0.15, -0.1) is 0 Å². The van der Waals surface area contributed by atoms with Crippen LogP contribution in [0.25, 0.3) is 0 Å². The fourth-order valence-corrected chi connectivity index (χ4v) is 2.48. The van der Waals surface area contributed by atoms with Crippen molar-refractivity contribution in [2.45, 2.75) is 45.2 Å². The van der Waals surface area contributed by atoms with Gasteiger partial charge in [0.2, 0.25) is 5.91 Å². The molecule has 1 atom stereocenters. The maximum Gasteiger partial charge on any atom is 0.325 e. The Bertz CT molecular complexity index is 565. The summed E-state index contributed by atoms with van der Waals surface area (Å²) in [4.78, 5) is 37.5. The first-order chi connectivity index (χ1) is 10.4. The Balaban J connectivity index is 2.08. The molecule has 1 fully saturated rings. The molecule has 2 heterocycles. The zero-order chi connectivity index (χ0) is 16.3. The molecular weight excluding hydrogens is 286 g/mol. The van der Waals surface area contributed by atoms with Crippen molar-refractivity contribution >= 4 is 17.8 Å². The monoisotopic (exact) mass is 307 g/mol. The van der Waals surface area contributed by atoms with Crippen molar-refractivity contribution in [2.24, 2.45) is 0 Å². The van der Waals surface area contributed by atoms with E-state index in [1.54, 1.807) is 19.1 Å². The van der Waals surface area contributed by atoms with E-state index in [0.717, 1.165) is 17.7 Å². The summed E-state index contributed by atoms with van der Waals surface area (Å²) in [6, 6.07) is 2.71. The largest absolute Gasteiger partial charge is 0.466 e. The molecule has 7 nitrogen and oxygen atoms in total. The first kappa shape index (κ1) is 16.1. The summed E-state index contributed by atoms with van der Waals surface area (Å²) >= 11 is 0. The highest BCUT2D eigenvalue weighted by atomic mass is 16.3. The van der Waals surface area contributed by atoms with Gasteiger partial charge < -0.3 is 15.1 Å². The van der Waals surface area contributed by atoms with Crippen LogP contribution in [0.15, 0.2) is 22.8 Å². The lowest BCUT2D eigenvalue weighted by atomic mass is 9.99. The standard InChI is InChI=1S/C15H21N3O4/c1-4-10(5-2)16-12(19)9-18-13(20)15(3,17-14(18)21)11-7-6-8-22-11/h6-8,10H,4-5,9H2,1-3H3,(H,16,19)(H,17,21)/t15-/m0/s1. The van der Waals surface area contributed by atoms with Gasteiger partial charge in [0.25, 0.3) is 5.91 Å². The van der Waals surface area contributed by atoms with Crippen molar-refractivity contribution in [3.05, 3.63) is 24.2 Å². The summed E-state index contributed by atoms with van der Waals surface area (Å²) in [5.74, 6) is -0.498. The molecule has 1 aromatic heterocycles. The van der Waals surface area contributed by atoms with Crippen LogP contribution in [0.2, 0.25) is 0 Å². The van der Waals surface area contributed by atoms with Crippen LogP contribution in [-0.4, -0.2) is 35.3 Å². The quantitative estimate of drug-likeness (QED) is 0.776. The van der Waals surface area contributed by atoms with Crippen molar-refractivity contribution in [1.82, 2.24) is 15.5 Å². The number of imide groups is 1. The molecular formula is C15H21N3O4. The summed E-state index contributed by atoms with van der Waals surface area (Å²) in [5, 5.41) is 5.39. The van der Waals surface area contributed by atoms with Crippen LogP contribution >= 0.6 is 0 Å². The lowest BCUT2D eigenvalue weighted by molar-refractivity contribution is -0.135. The van der Waals surface area contributed by atoms with E-state index < -0.39 is 17.5 Å². The summed E-state index contributed by atoms with van der Waals surface area (Å²) in [5.41, 5.74) is -1.27. The Morgan fingerprint density at radius 2 is 2.09 bits per heavy atom. The van der Waals surface area contributed by atoms with E-state index in [-0.39, 0.29) is 18.5 Å². The molecule has 2 N–H and O–H groups in total. The van der Waals surface area contributed by atoms with E-state index in [2.05, 4.69) is 10.6 Å². The Morgan fingerprint density at radius 3 is 2.64 bits per heavy atom. The second kappa shape index (κ2) is 6.21. The Hall–Kier alpha value is -2.31. The van der Waals surface area contributed by atoms with E-state index in [0.29, 0.717) is 5.76 Å². The molecule has 1 aliphatic rings. The van der Waals surface area contributed by atoms with Crippen LogP contribution in [0, 0.1) is 0 Å². The molecule has 0 radical (unpaired) electrons. The summed E-state index contributed by atoms with van der Waals surface area (Å²) < 4.78 is 5.23. The maximum atomic E-state index is 12.5. The normalized spacial score (nSPS) is 21.4. The molecule has 1 aromatic rings.